The van der Waals surface area contributed by atoms with Gasteiger partial charge in [-0.25, -0.2) is 9.97 Å². The van der Waals surface area contributed by atoms with Crippen LogP contribution >= 0.6 is 11.3 Å². The standard InChI is InChI=1S/C21H28N6OS/c1-11-16(19-26-17-12(2)23-8-7-15(17)29-19)18(27-20(22)24-11)25-14-6-5-13(9-14)10-21(3,4)28/h7-8,13-14,28H,5-6,9-10H2,1-4H3,(H3,22,24,25,27)/t13-,14+/m1/s1. The van der Waals surface area contributed by atoms with Crippen LogP contribution in [0.1, 0.15) is 50.9 Å². The van der Waals surface area contributed by atoms with Gasteiger partial charge in [-0.3, -0.25) is 4.98 Å². The Morgan fingerprint density at radius 1 is 1.21 bits per heavy atom. The van der Waals surface area contributed by atoms with Crippen LogP contribution in [0.25, 0.3) is 20.8 Å². The van der Waals surface area contributed by atoms with Crippen molar-refractivity contribution in [1.29, 1.82) is 0 Å². The molecule has 154 valence electrons. The fraction of sp³-hybridized carbons (Fsp3) is 0.524. The zero-order valence-corrected chi connectivity index (χ0v) is 18.2. The summed E-state index contributed by atoms with van der Waals surface area (Å²) in [6.07, 6.45) is 5.78. The summed E-state index contributed by atoms with van der Waals surface area (Å²) in [5.41, 5.74) is 8.89. The number of hydrogen-bond donors (Lipinski definition) is 3. The molecule has 4 rings (SSSR count). The molecule has 0 aliphatic heterocycles. The Morgan fingerprint density at radius 2 is 2.00 bits per heavy atom. The molecule has 3 aromatic rings. The molecule has 0 amide bonds. The number of nitrogens with one attached hydrogen (secondary N) is 1. The number of aromatic nitrogens is 4. The Morgan fingerprint density at radius 3 is 2.72 bits per heavy atom. The number of nitrogen functional groups attached to an aromatic ring is 1. The number of nitrogens with zero attached hydrogens (tertiary/aromatic N) is 4. The van der Waals surface area contributed by atoms with Crippen molar-refractivity contribution in [3.8, 4) is 10.6 Å². The summed E-state index contributed by atoms with van der Waals surface area (Å²) >= 11 is 1.62. The molecule has 0 spiro atoms. The fourth-order valence-electron chi connectivity index (χ4n) is 4.34. The van der Waals surface area contributed by atoms with Gasteiger partial charge in [0.15, 0.2) is 0 Å². The van der Waals surface area contributed by atoms with Gasteiger partial charge in [0.05, 0.1) is 27.3 Å². The third-order valence-electron chi connectivity index (χ3n) is 5.48. The molecule has 0 radical (unpaired) electrons. The first kappa shape index (κ1) is 20.0. The lowest BCUT2D eigenvalue weighted by Crippen LogP contribution is -2.23. The van der Waals surface area contributed by atoms with E-state index in [2.05, 4.69) is 20.3 Å². The second-order valence-corrected chi connectivity index (χ2v) is 9.72. The van der Waals surface area contributed by atoms with Crippen molar-refractivity contribution in [3.05, 3.63) is 23.7 Å². The normalized spacial score (nSPS) is 19.8. The molecule has 2 atom stereocenters. The zero-order valence-electron chi connectivity index (χ0n) is 17.4. The van der Waals surface area contributed by atoms with Crippen LogP contribution in [-0.2, 0) is 0 Å². The van der Waals surface area contributed by atoms with Crippen molar-refractivity contribution in [2.75, 3.05) is 11.1 Å². The molecule has 4 N–H and O–H groups in total. The third-order valence-corrected chi connectivity index (χ3v) is 6.52. The molecule has 29 heavy (non-hydrogen) atoms. The molecule has 1 fully saturated rings. The van der Waals surface area contributed by atoms with Crippen LogP contribution in [-0.4, -0.2) is 36.7 Å². The molecule has 0 bridgehead atoms. The van der Waals surface area contributed by atoms with Crippen LogP contribution in [0.2, 0.25) is 0 Å². The lowest BCUT2D eigenvalue weighted by Gasteiger charge is -2.22. The van der Waals surface area contributed by atoms with Crippen molar-refractivity contribution in [2.45, 2.75) is 65.0 Å². The van der Waals surface area contributed by atoms with Gasteiger partial charge in [-0.05, 0) is 65.4 Å². The molecule has 0 aromatic carbocycles. The van der Waals surface area contributed by atoms with E-state index in [9.17, 15) is 5.11 Å². The highest BCUT2D eigenvalue weighted by Gasteiger charge is 2.30. The quantitative estimate of drug-likeness (QED) is 0.579. The summed E-state index contributed by atoms with van der Waals surface area (Å²) in [6, 6.07) is 2.29. The average molecular weight is 413 g/mol. The van der Waals surface area contributed by atoms with Crippen molar-refractivity contribution in [1.82, 2.24) is 19.9 Å². The minimum atomic E-state index is -0.631. The lowest BCUT2D eigenvalue weighted by atomic mass is 9.92. The molecule has 3 aromatic heterocycles. The molecular weight excluding hydrogens is 384 g/mol. The van der Waals surface area contributed by atoms with Gasteiger partial charge in [0.25, 0.3) is 0 Å². The number of anilines is 2. The minimum Gasteiger partial charge on any atom is -0.390 e. The maximum Gasteiger partial charge on any atom is 0.222 e. The van der Waals surface area contributed by atoms with Gasteiger partial charge in [-0.1, -0.05) is 0 Å². The first-order valence-corrected chi connectivity index (χ1v) is 10.9. The monoisotopic (exact) mass is 412 g/mol. The van der Waals surface area contributed by atoms with Crippen molar-refractivity contribution in [2.24, 2.45) is 5.92 Å². The van der Waals surface area contributed by atoms with E-state index in [1.165, 1.54) is 0 Å². The van der Waals surface area contributed by atoms with E-state index >= 15 is 0 Å². The number of pyridine rings is 1. The lowest BCUT2D eigenvalue weighted by molar-refractivity contribution is 0.0534. The number of aliphatic hydroxyl groups is 1. The Bertz CT molecular complexity index is 1040. The van der Waals surface area contributed by atoms with E-state index in [0.29, 0.717) is 12.0 Å². The number of hydrogen-bond acceptors (Lipinski definition) is 8. The van der Waals surface area contributed by atoms with Crippen molar-refractivity contribution in [3.63, 3.8) is 0 Å². The molecule has 1 aliphatic carbocycles. The molecule has 0 unspecified atom stereocenters. The first-order chi connectivity index (χ1) is 13.7. The van der Waals surface area contributed by atoms with Crippen LogP contribution in [0.3, 0.4) is 0 Å². The number of rotatable bonds is 5. The Hall–Kier alpha value is -2.32. The van der Waals surface area contributed by atoms with Gasteiger partial charge in [-0.2, -0.15) is 4.98 Å². The molecule has 1 saturated carbocycles. The Kier molecular flexibility index (Phi) is 5.16. The summed E-state index contributed by atoms with van der Waals surface area (Å²) in [5.74, 6) is 1.51. The topological polar surface area (TPSA) is 110 Å². The zero-order chi connectivity index (χ0) is 20.8. The first-order valence-electron chi connectivity index (χ1n) is 10.0. The fourth-order valence-corrected chi connectivity index (χ4v) is 5.45. The highest BCUT2D eigenvalue weighted by molar-refractivity contribution is 7.21. The van der Waals surface area contributed by atoms with Gasteiger partial charge >= 0.3 is 0 Å². The highest BCUT2D eigenvalue weighted by Crippen LogP contribution is 2.39. The van der Waals surface area contributed by atoms with Gasteiger partial charge in [-0.15, -0.1) is 11.3 Å². The second-order valence-electron chi connectivity index (χ2n) is 8.69. The van der Waals surface area contributed by atoms with Crippen molar-refractivity contribution >= 4 is 33.3 Å². The van der Waals surface area contributed by atoms with Gasteiger partial charge in [0.2, 0.25) is 5.95 Å². The van der Waals surface area contributed by atoms with E-state index in [4.69, 9.17) is 10.7 Å². The van der Waals surface area contributed by atoms with E-state index in [-0.39, 0.29) is 5.95 Å². The SMILES string of the molecule is Cc1nc(N)nc(N[C@H]2CC[C@@H](CC(C)(C)O)C2)c1-c1nc2c(C)nccc2s1. The van der Waals surface area contributed by atoms with E-state index in [1.807, 2.05) is 40.0 Å². The van der Waals surface area contributed by atoms with Gasteiger partial charge in [0.1, 0.15) is 16.3 Å². The van der Waals surface area contributed by atoms with Crippen LogP contribution in [0.15, 0.2) is 12.3 Å². The largest absolute Gasteiger partial charge is 0.390 e. The summed E-state index contributed by atoms with van der Waals surface area (Å²) < 4.78 is 1.10. The summed E-state index contributed by atoms with van der Waals surface area (Å²) in [5, 5.41) is 14.6. The molecule has 8 heteroatoms. The predicted octanol–water partition coefficient (Wildman–Crippen LogP) is 4.09. The number of aryl methyl sites for hydroxylation is 2. The second kappa shape index (κ2) is 7.50. The number of fused-ring (bicyclic) bond motifs is 1. The number of nitrogens with two attached hydrogens (primary N) is 1. The predicted molar refractivity (Wildman–Crippen MR) is 118 cm³/mol. The summed E-state index contributed by atoms with van der Waals surface area (Å²) in [7, 11) is 0. The van der Waals surface area contributed by atoms with E-state index in [1.54, 1.807) is 11.3 Å². The summed E-state index contributed by atoms with van der Waals surface area (Å²) in [6.45, 7) is 7.68. The Balaban J connectivity index is 1.65. The van der Waals surface area contributed by atoms with Gasteiger partial charge in [0, 0.05) is 12.2 Å². The molecule has 0 saturated heterocycles. The molecular formula is C21H28N6OS. The van der Waals surface area contributed by atoms with Gasteiger partial charge < -0.3 is 16.2 Å². The molecule has 7 nitrogen and oxygen atoms in total. The average Bonchev–Trinajstić information content (AvgIpc) is 3.20. The minimum absolute atomic E-state index is 0.263. The maximum absolute atomic E-state index is 10.1. The maximum atomic E-state index is 10.1. The van der Waals surface area contributed by atoms with Crippen molar-refractivity contribution < 1.29 is 5.11 Å². The molecule has 3 heterocycles. The van der Waals surface area contributed by atoms with E-state index in [0.717, 1.165) is 63.7 Å². The highest BCUT2D eigenvalue weighted by atomic mass is 32.1. The Labute approximate surface area is 174 Å². The van der Waals surface area contributed by atoms with Crippen LogP contribution in [0.4, 0.5) is 11.8 Å². The third kappa shape index (κ3) is 4.33. The smallest absolute Gasteiger partial charge is 0.222 e. The van der Waals surface area contributed by atoms with Crippen LogP contribution in [0.5, 0.6) is 0 Å². The van der Waals surface area contributed by atoms with Crippen LogP contribution < -0.4 is 11.1 Å². The number of thiazole rings is 1. The molecule has 1 aliphatic rings. The summed E-state index contributed by atoms with van der Waals surface area (Å²) in [4.78, 5) is 18.1. The van der Waals surface area contributed by atoms with E-state index < -0.39 is 5.60 Å². The van der Waals surface area contributed by atoms with Crippen LogP contribution in [0, 0.1) is 19.8 Å².